The van der Waals surface area contributed by atoms with E-state index in [1.807, 2.05) is 6.92 Å². The SMILES string of the molecule is CCC[C@H](C(=O)NCc1ccco1)N(C(=O)CNS(=O)(=O)c1ccccc1)c1ccc(OC)cc1. The van der Waals surface area contributed by atoms with Crippen LogP contribution in [-0.2, 0) is 26.2 Å². The summed E-state index contributed by atoms with van der Waals surface area (Å²) >= 11 is 0. The number of carbonyl (C=O) groups excluding carboxylic acids is 2. The molecule has 0 unspecified atom stereocenters. The summed E-state index contributed by atoms with van der Waals surface area (Å²) in [6, 6.07) is 17.0. The van der Waals surface area contributed by atoms with Crippen molar-refractivity contribution >= 4 is 27.5 Å². The molecule has 0 radical (unpaired) electrons. The topological polar surface area (TPSA) is 118 Å². The standard InChI is InChI=1S/C25H29N3O6S/c1-3-8-23(25(30)26-17-21-9-7-16-34-21)28(19-12-14-20(33-2)15-13-19)24(29)18-27-35(31,32)22-10-5-4-6-11-22/h4-7,9-16,23,27H,3,8,17-18H2,1-2H3,(H,26,30)/t23-/m1/s1. The number of methoxy groups -OCH3 is 1. The first-order valence-corrected chi connectivity index (χ1v) is 12.6. The number of anilines is 1. The second kappa shape index (κ2) is 12.2. The molecule has 0 fully saturated rings. The van der Waals surface area contributed by atoms with Gasteiger partial charge in [-0.2, -0.15) is 0 Å². The number of ether oxygens (including phenoxy) is 1. The maximum atomic E-state index is 13.4. The zero-order chi connectivity index (χ0) is 25.3. The average Bonchev–Trinajstić information content (AvgIpc) is 3.40. The predicted octanol–water partition coefficient (Wildman–Crippen LogP) is 3.08. The van der Waals surface area contributed by atoms with Crippen LogP contribution in [0.4, 0.5) is 5.69 Å². The van der Waals surface area contributed by atoms with Gasteiger partial charge in [-0.3, -0.25) is 14.5 Å². The maximum Gasteiger partial charge on any atom is 0.243 e. The molecule has 35 heavy (non-hydrogen) atoms. The lowest BCUT2D eigenvalue weighted by molar-refractivity contribution is -0.126. The zero-order valence-corrected chi connectivity index (χ0v) is 20.5. The Hall–Kier alpha value is -3.63. The molecule has 0 saturated heterocycles. The van der Waals surface area contributed by atoms with E-state index < -0.39 is 28.5 Å². The smallest absolute Gasteiger partial charge is 0.243 e. The largest absolute Gasteiger partial charge is 0.497 e. The molecule has 0 aliphatic carbocycles. The summed E-state index contributed by atoms with van der Waals surface area (Å²) in [4.78, 5) is 28.0. The highest BCUT2D eigenvalue weighted by molar-refractivity contribution is 7.89. The van der Waals surface area contributed by atoms with E-state index in [9.17, 15) is 18.0 Å². The normalized spacial score (nSPS) is 12.1. The van der Waals surface area contributed by atoms with Crippen LogP contribution in [0, 0.1) is 0 Å². The van der Waals surface area contributed by atoms with E-state index in [1.54, 1.807) is 54.6 Å². The number of amides is 2. The molecule has 0 spiro atoms. The minimum atomic E-state index is -3.91. The Morgan fingerprint density at radius 1 is 1.03 bits per heavy atom. The van der Waals surface area contributed by atoms with Gasteiger partial charge in [0.05, 0.1) is 31.4 Å². The fourth-order valence-corrected chi connectivity index (χ4v) is 4.52. The highest BCUT2D eigenvalue weighted by atomic mass is 32.2. The molecule has 2 N–H and O–H groups in total. The van der Waals surface area contributed by atoms with Gasteiger partial charge in [-0.1, -0.05) is 31.5 Å². The Balaban J connectivity index is 1.85. The minimum Gasteiger partial charge on any atom is -0.497 e. The number of hydrogen-bond acceptors (Lipinski definition) is 6. The van der Waals surface area contributed by atoms with Crippen molar-refractivity contribution in [2.24, 2.45) is 0 Å². The Labute approximate surface area is 205 Å². The molecule has 0 aliphatic rings. The van der Waals surface area contributed by atoms with E-state index >= 15 is 0 Å². The fraction of sp³-hybridized carbons (Fsp3) is 0.280. The third kappa shape index (κ3) is 6.93. The number of rotatable bonds is 12. The average molecular weight is 500 g/mol. The summed E-state index contributed by atoms with van der Waals surface area (Å²) < 4.78 is 38.1. The van der Waals surface area contributed by atoms with Crippen molar-refractivity contribution in [1.82, 2.24) is 10.0 Å². The number of nitrogens with one attached hydrogen (secondary N) is 2. The van der Waals surface area contributed by atoms with Gasteiger partial charge in [0.2, 0.25) is 21.8 Å². The first-order valence-electron chi connectivity index (χ1n) is 11.2. The van der Waals surface area contributed by atoms with E-state index in [0.29, 0.717) is 30.0 Å². The van der Waals surface area contributed by atoms with Crippen LogP contribution in [0.1, 0.15) is 25.5 Å². The predicted molar refractivity (Wildman–Crippen MR) is 131 cm³/mol. The van der Waals surface area contributed by atoms with E-state index in [1.165, 1.54) is 30.4 Å². The number of sulfonamides is 1. The molecule has 9 nitrogen and oxygen atoms in total. The lowest BCUT2D eigenvalue weighted by Gasteiger charge is -2.31. The van der Waals surface area contributed by atoms with Crippen molar-refractivity contribution in [2.45, 2.75) is 37.2 Å². The number of benzene rings is 2. The third-order valence-electron chi connectivity index (χ3n) is 5.28. The highest BCUT2D eigenvalue weighted by Crippen LogP contribution is 2.24. The molecular formula is C25H29N3O6S. The van der Waals surface area contributed by atoms with Crippen molar-refractivity contribution in [1.29, 1.82) is 0 Å². The third-order valence-corrected chi connectivity index (χ3v) is 6.70. The number of hydrogen-bond donors (Lipinski definition) is 2. The van der Waals surface area contributed by atoms with E-state index in [0.717, 1.165) is 0 Å². The monoisotopic (exact) mass is 499 g/mol. The van der Waals surface area contributed by atoms with Crippen LogP contribution in [0.2, 0.25) is 0 Å². The first-order chi connectivity index (χ1) is 16.9. The van der Waals surface area contributed by atoms with Gasteiger partial charge in [0.25, 0.3) is 0 Å². The minimum absolute atomic E-state index is 0.0464. The van der Waals surface area contributed by atoms with Crippen LogP contribution < -0.4 is 19.7 Å². The molecule has 3 aromatic rings. The van der Waals surface area contributed by atoms with Gasteiger partial charge in [0, 0.05) is 5.69 Å². The molecule has 2 amide bonds. The summed E-state index contributed by atoms with van der Waals surface area (Å²) in [6.07, 6.45) is 2.50. The number of nitrogens with zero attached hydrogens (tertiary/aromatic N) is 1. The summed E-state index contributed by atoms with van der Waals surface area (Å²) in [5.74, 6) is 0.214. The van der Waals surface area contributed by atoms with Gasteiger partial charge in [-0.25, -0.2) is 13.1 Å². The quantitative estimate of drug-likeness (QED) is 0.395. The molecule has 1 heterocycles. The molecule has 1 aromatic heterocycles. The van der Waals surface area contributed by atoms with Crippen molar-refractivity contribution in [2.75, 3.05) is 18.6 Å². The summed E-state index contributed by atoms with van der Waals surface area (Å²) in [5, 5.41) is 2.81. The fourth-order valence-electron chi connectivity index (χ4n) is 3.52. The number of furan rings is 1. The van der Waals surface area contributed by atoms with Crippen molar-refractivity contribution < 1.29 is 27.2 Å². The Bertz CT molecular complexity index is 1200. The van der Waals surface area contributed by atoms with Crippen LogP contribution in [-0.4, -0.2) is 39.9 Å². The van der Waals surface area contributed by atoms with Crippen LogP contribution in [0.5, 0.6) is 5.75 Å². The Kier molecular flexibility index (Phi) is 9.04. The molecule has 10 heteroatoms. The maximum absolute atomic E-state index is 13.4. The molecule has 2 aromatic carbocycles. The lowest BCUT2D eigenvalue weighted by Crippen LogP contribution is -2.52. The molecule has 186 valence electrons. The molecule has 3 rings (SSSR count). The van der Waals surface area contributed by atoms with Gasteiger partial charge in [-0.05, 0) is 55.0 Å². The zero-order valence-electron chi connectivity index (χ0n) is 19.6. The van der Waals surface area contributed by atoms with Gasteiger partial charge in [0.1, 0.15) is 17.6 Å². The molecular weight excluding hydrogens is 470 g/mol. The Morgan fingerprint density at radius 3 is 2.34 bits per heavy atom. The van der Waals surface area contributed by atoms with Crippen LogP contribution >= 0.6 is 0 Å². The highest BCUT2D eigenvalue weighted by Gasteiger charge is 2.31. The van der Waals surface area contributed by atoms with Crippen molar-refractivity contribution in [3.05, 3.63) is 78.8 Å². The summed E-state index contributed by atoms with van der Waals surface area (Å²) in [6.45, 7) is 1.55. The molecule has 1 atom stereocenters. The number of carbonyl (C=O) groups is 2. The van der Waals surface area contributed by atoms with Crippen molar-refractivity contribution in [3.8, 4) is 5.75 Å². The van der Waals surface area contributed by atoms with Gasteiger partial charge in [0.15, 0.2) is 0 Å². The van der Waals surface area contributed by atoms with Crippen LogP contribution in [0.3, 0.4) is 0 Å². The molecule has 0 bridgehead atoms. The van der Waals surface area contributed by atoms with Crippen LogP contribution in [0.15, 0.2) is 82.3 Å². The first kappa shape index (κ1) is 26.0. The summed E-state index contributed by atoms with van der Waals surface area (Å²) in [5.41, 5.74) is 0.446. The summed E-state index contributed by atoms with van der Waals surface area (Å²) in [7, 11) is -2.38. The lowest BCUT2D eigenvalue weighted by atomic mass is 10.1. The van der Waals surface area contributed by atoms with E-state index in [-0.39, 0.29) is 17.3 Å². The van der Waals surface area contributed by atoms with E-state index in [4.69, 9.17) is 9.15 Å². The van der Waals surface area contributed by atoms with E-state index in [2.05, 4.69) is 10.0 Å². The van der Waals surface area contributed by atoms with Gasteiger partial charge >= 0.3 is 0 Å². The second-order valence-electron chi connectivity index (χ2n) is 7.70. The van der Waals surface area contributed by atoms with Gasteiger partial charge < -0.3 is 14.5 Å². The Morgan fingerprint density at radius 2 is 1.74 bits per heavy atom. The molecule has 0 aliphatic heterocycles. The second-order valence-corrected chi connectivity index (χ2v) is 9.47. The van der Waals surface area contributed by atoms with Crippen molar-refractivity contribution in [3.63, 3.8) is 0 Å². The van der Waals surface area contributed by atoms with Crippen LogP contribution in [0.25, 0.3) is 0 Å². The molecule has 0 saturated carbocycles. The van der Waals surface area contributed by atoms with Gasteiger partial charge in [-0.15, -0.1) is 0 Å².